The normalized spacial score (nSPS) is 12.4. The minimum atomic E-state index is -0.331. The van der Waals surface area contributed by atoms with E-state index in [4.69, 9.17) is 16.0 Å². The van der Waals surface area contributed by atoms with E-state index in [0.29, 0.717) is 22.8 Å². The smallest absolute Gasteiger partial charge is 0.177 e. The summed E-state index contributed by atoms with van der Waals surface area (Å²) < 4.78 is 18.7. The van der Waals surface area contributed by atoms with E-state index in [-0.39, 0.29) is 23.9 Å². The number of rotatable bonds is 5. The Bertz CT molecular complexity index is 966. The number of halogens is 1. The number of anilines is 1. The Morgan fingerprint density at radius 1 is 1.31 bits per heavy atom. The van der Waals surface area contributed by atoms with Crippen LogP contribution in [0.1, 0.15) is 22.6 Å². The predicted octanol–water partition coefficient (Wildman–Crippen LogP) is 2.48. The van der Waals surface area contributed by atoms with Crippen molar-refractivity contribution in [3.63, 3.8) is 0 Å². The Kier molecular flexibility index (Phi) is 5.02. The van der Waals surface area contributed by atoms with Crippen molar-refractivity contribution < 1.29 is 8.91 Å². The van der Waals surface area contributed by atoms with Gasteiger partial charge in [-0.05, 0) is 19.1 Å². The average Bonchev–Trinajstić information content (AvgIpc) is 3.16. The Morgan fingerprint density at radius 2 is 2.12 bits per heavy atom. The lowest BCUT2D eigenvalue weighted by Gasteiger charge is -2.05. The van der Waals surface area contributed by atoms with Gasteiger partial charge in [0, 0.05) is 23.4 Å². The molecule has 0 saturated carbocycles. The lowest BCUT2D eigenvalue weighted by Crippen LogP contribution is -2.09. The highest BCUT2D eigenvalue weighted by molar-refractivity contribution is 6.10. The van der Waals surface area contributed by atoms with E-state index in [0.717, 1.165) is 5.56 Å². The molecule has 0 spiro atoms. The number of aryl methyl sites for hydroxylation is 1. The van der Waals surface area contributed by atoms with Crippen molar-refractivity contribution in [1.82, 2.24) is 15.1 Å². The zero-order valence-corrected chi connectivity index (χ0v) is 14.1. The summed E-state index contributed by atoms with van der Waals surface area (Å²) in [5.41, 5.74) is 14.2. The maximum Gasteiger partial charge on any atom is 0.177 e. The molecule has 0 bridgehead atoms. The zero-order valence-electron chi connectivity index (χ0n) is 14.1. The van der Waals surface area contributed by atoms with Gasteiger partial charge in [0.1, 0.15) is 23.6 Å². The summed E-state index contributed by atoms with van der Waals surface area (Å²) in [6, 6.07) is 8.05. The first kappa shape index (κ1) is 17.3. The number of nitrogens with two attached hydrogens (primary N) is 2. The molecule has 7 nitrogen and oxygen atoms in total. The topological polar surface area (TPSA) is 116 Å². The fourth-order valence-corrected chi connectivity index (χ4v) is 2.15. The summed E-state index contributed by atoms with van der Waals surface area (Å²) in [4.78, 5) is 12.7. The number of aliphatic imine (C=N–C) groups is 1. The number of hydrogen-bond donors (Lipinski definition) is 2. The molecule has 0 fully saturated rings. The second kappa shape index (κ2) is 7.56. The monoisotopic (exact) mass is 352 g/mol. The van der Waals surface area contributed by atoms with Gasteiger partial charge < -0.3 is 16.0 Å². The van der Waals surface area contributed by atoms with Gasteiger partial charge in [0.15, 0.2) is 5.82 Å². The number of benzene rings is 1. The number of hydrogen-bond acceptors (Lipinski definition) is 7. The maximum absolute atomic E-state index is 13.8. The lowest BCUT2D eigenvalue weighted by molar-refractivity contribution is 0.418. The van der Waals surface area contributed by atoms with Crippen molar-refractivity contribution in [2.45, 2.75) is 13.5 Å². The van der Waals surface area contributed by atoms with Crippen molar-refractivity contribution in [2.75, 3.05) is 5.73 Å². The molecule has 0 aliphatic rings. The standard InChI is InChI=1S/C18H17FN6O/c1-11-9-23-18(24-17(11)21)14(20)8-16(15-6-7-26-25-15)22-10-12-4-2-3-5-13(12)19/h2-9H,10,20H2,1H3,(H2,21,23,24). The van der Waals surface area contributed by atoms with Gasteiger partial charge in [0.05, 0.1) is 18.0 Å². The van der Waals surface area contributed by atoms with Crippen LogP contribution in [0, 0.1) is 12.7 Å². The van der Waals surface area contributed by atoms with Crippen molar-refractivity contribution >= 4 is 17.2 Å². The average molecular weight is 352 g/mol. The van der Waals surface area contributed by atoms with E-state index in [2.05, 4.69) is 20.1 Å². The van der Waals surface area contributed by atoms with Crippen molar-refractivity contribution in [1.29, 1.82) is 0 Å². The number of nitrogens with zero attached hydrogens (tertiary/aromatic N) is 4. The molecular formula is C18H17FN6O. The van der Waals surface area contributed by atoms with Gasteiger partial charge in [-0.25, -0.2) is 14.4 Å². The van der Waals surface area contributed by atoms with Gasteiger partial charge >= 0.3 is 0 Å². The third-order valence-electron chi connectivity index (χ3n) is 3.64. The highest BCUT2D eigenvalue weighted by atomic mass is 19.1. The molecule has 8 heteroatoms. The van der Waals surface area contributed by atoms with Crippen LogP contribution in [0.2, 0.25) is 0 Å². The Labute approximate surface area is 149 Å². The molecule has 2 aromatic heterocycles. The molecule has 26 heavy (non-hydrogen) atoms. The fourth-order valence-electron chi connectivity index (χ4n) is 2.15. The quantitative estimate of drug-likeness (QED) is 0.682. The van der Waals surface area contributed by atoms with E-state index < -0.39 is 0 Å². The van der Waals surface area contributed by atoms with E-state index in [1.165, 1.54) is 12.3 Å². The first-order chi connectivity index (χ1) is 12.5. The first-order valence-corrected chi connectivity index (χ1v) is 7.80. The second-order valence-electron chi connectivity index (χ2n) is 5.54. The van der Waals surface area contributed by atoms with E-state index in [9.17, 15) is 4.39 Å². The van der Waals surface area contributed by atoms with Crippen LogP contribution in [0.5, 0.6) is 0 Å². The highest BCUT2D eigenvalue weighted by Crippen LogP contribution is 2.13. The van der Waals surface area contributed by atoms with Crippen LogP contribution in [0.15, 0.2) is 58.4 Å². The Morgan fingerprint density at radius 3 is 2.81 bits per heavy atom. The van der Waals surface area contributed by atoms with Crippen molar-refractivity contribution in [3.05, 3.63) is 77.3 Å². The van der Waals surface area contributed by atoms with Crippen LogP contribution in [0.4, 0.5) is 10.2 Å². The molecule has 0 aliphatic carbocycles. The van der Waals surface area contributed by atoms with Gasteiger partial charge in [0.2, 0.25) is 0 Å². The molecule has 0 atom stereocenters. The highest BCUT2D eigenvalue weighted by Gasteiger charge is 2.10. The molecule has 2 heterocycles. The number of allylic oxidation sites excluding steroid dienone is 1. The molecule has 3 rings (SSSR count). The van der Waals surface area contributed by atoms with Crippen LogP contribution in [0.25, 0.3) is 5.70 Å². The summed E-state index contributed by atoms with van der Waals surface area (Å²) in [7, 11) is 0. The lowest BCUT2D eigenvalue weighted by atomic mass is 10.2. The molecule has 0 amide bonds. The van der Waals surface area contributed by atoms with Gasteiger partial charge in [0.25, 0.3) is 0 Å². The van der Waals surface area contributed by atoms with Crippen LogP contribution < -0.4 is 11.5 Å². The van der Waals surface area contributed by atoms with Gasteiger partial charge in [-0.3, -0.25) is 4.99 Å². The van der Waals surface area contributed by atoms with Crippen LogP contribution in [0.3, 0.4) is 0 Å². The van der Waals surface area contributed by atoms with Crippen LogP contribution in [-0.2, 0) is 6.54 Å². The van der Waals surface area contributed by atoms with E-state index in [1.807, 2.05) is 0 Å². The first-order valence-electron chi connectivity index (χ1n) is 7.80. The largest absolute Gasteiger partial charge is 0.396 e. The zero-order chi connectivity index (χ0) is 18.5. The number of aromatic nitrogens is 3. The maximum atomic E-state index is 13.8. The Balaban J connectivity index is 1.95. The summed E-state index contributed by atoms with van der Waals surface area (Å²) >= 11 is 0. The molecule has 132 valence electrons. The molecule has 4 N–H and O–H groups in total. The van der Waals surface area contributed by atoms with E-state index in [1.54, 1.807) is 43.5 Å². The predicted molar refractivity (Wildman–Crippen MR) is 96.5 cm³/mol. The van der Waals surface area contributed by atoms with E-state index >= 15 is 0 Å². The van der Waals surface area contributed by atoms with Gasteiger partial charge in [-0.1, -0.05) is 23.4 Å². The molecule has 0 saturated heterocycles. The minimum absolute atomic E-state index is 0.121. The summed E-state index contributed by atoms with van der Waals surface area (Å²) in [5.74, 6) is 0.287. The molecule has 0 unspecified atom stereocenters. The summed E-state index contributed by atoms with van der Waals surface area (Å²) in [5, 5.41) is 3.86. The summed E-state index contributed by atoms with van der Waals surface area (Å²) in [6.07, 6.45) is 4.56. The van der Waals surface area contributed by atoms with Crippen molar-refractivity contribution in [2.24, 2.45) is 10.7 Å². The minimum Gasteiger partial charge on any atom is -0.396 e. The molecular weight excluding hydrogens is 335 g/mol. The molecule has 0 aliphatic heterocycles. The second-order valence-corrected chi connectivity index (χ2v) is 5.54. The van der Waals surface area contributed by atoms with Gasteiger partial charge in [-0.15, -0.1) is 0 Å². The van der Waals surface area contributed by atoms with Crippen LogP contribution >= 0.6 is 0 Å². The molecule has 3 aromatic rings. The van der Waals surface area contributed by atoms with Crippen molar-refractivity contribution in [3.8, 4) is 0 Å². The SMILES string of the molecule is Cc1cnc(C(N)=CC(=NCc2ccccc2F)c2ccon2)nc1N. The number of nitrogen functional groups attached to an aromatic ring is 1. The third-order valence-corrected chi connectivity index (χ3v) is 3.64. The van der Waals surface area contributed by atoms with Crippen LogP contribution in [-0.4, -0.2) is 20.8 Å². The molecule has 1 aromatic carbocycles. The van der Waals surface area contributed by atoms with Gasteiger partial charge in [-0.2, -0.15) is 0 Å². The fraction of sp³-hybridized carbons (Fsp3) is 0.111. The molecule has 0 radical (unpaired) electrons. The third kappa shape index (κ3) is 3.92. The summed E-state index contributed by atoms with van der Waals surface area (Å²) in [6.45, 7) is 1.92. The Hall–Kier alpha value is -3.55.